The van der Waals surface area contributed by atoms with Gasteiger partial charge in [-0.3, -0.25) is 14.5 Å². The molecule has 3 amide bonds. The van der Waals surface area contributed by atoms with E-state index in [1.807, 2.05) is 6.92 Å². The number of nitrogens with one attached hydrogen (secondary N) is 1. The lowest BCUT2D eigenvalue weighted by atomic mass is 9.73. The van der Waals surface area contributed by atoms with Gasteiger partial charge in [-0.1, -0.05) is 31.9 Å². The zero-order valence-electron chi connectivity index (χ0n) is 15.3. The van der Waals surface area contributed by atoms with Crippen LogP contribution < -0.4 is 5.32 Å². The molecule has 28 heavy (non-hydrogen) atoms. The maximum absolute atomic E-state index is 12.8. The highest BCUT2D eigenvalue weighted by Crippen LogP contribution is 2.38. The molecule has 1 saturated heterocycles. The Morgan fingerprint density at radius 1 is 1.32 bits per heavy atom. The quantitative estimate of drug-likeness (QED) is 0.624. The van der Waals surface area contributed by atoms with Gasteiger partial charge in [-0.25, -0.2) is 4.79 Å². The van der Waals surface area contributed by atoms with Crippen LogP contribution in [-0.4, -0.2) is 34.9 Å². The second-order valence-corrected chi connectivity index (χ2v) is 7.30. The summed E-state index contributed by atoms with van der Waals surface area (Å²) in [6.07, 6.45) is -1.38. The van der Waals surface area contributed by atoms with Gasteiger partial charge < -0.3 is 10.1 Å². The van der Waals surface area contributed by atoms with Crippen molar-refractivity contribution in [2.45, 2.75) is 50.9 Å². The molecule has 1 spiro atoms. The number of urea groups is 1. The molecular formula is C19H21F3N2O4. The number of rotatable bonds is 4. The van der Waals surface area contributed by atoms with Gasteiger partial charge in [0.15, 0.2) is 0 Å². The third-order valence-corrected chi connectivity index (χ3v) is 5.44. The minimum atomic E-state index is -4.49. The van der Waals surface area contributed by atoms with Crippen LogP contribution in [-0.2, 0) is 27.1 Å². The largest absolute Gasteiger partial charge is 0.459 e. The summed E-state index contributed by atoms with van der Waals surface area (Å²) in [5, 5.41) is 2.73. The zero-order valence-corrected chi connectivity index (χ0v) is 15.3. The molecule has 6 nitrogen and oxygen atoms in total. The number of hydrogen-bond donors (Lipinski definition) is 1. The summed E-state index contributed by atoms with van der Waals surface area (Å²) < 4.78 is 43.2. The van der Waals surface area contributed by atoms with Crippen molar-refractivity contribution >= 4 is 17.9 Å². The van der Waals surface area contributed by atoms with Gasteiger partial charge in [-0.2, -0.15) is 13.2 Å². The SMILES string of the molecule is CC1CCCCC12NC(=O)N(CC(=O)OCc1cccc(C(F)(F)F)c1)C2=O. The number of carbonyl (C=O) groups is 3. The Morgan fingerprint density at radius 3 is 2.75 bits per heavy atom. The molecule has 2 atom stereocenters. The molecule has 2 unspecified atom stereocenters. The van der Waals surface area contributed by atoms with Crippen molar-refractivity contribution < 1.29 is 32.3 Å². The number of nitrogens with zero attached hydrogens (tertiary/aromatic N) is 1. The van der Waals surface area contributed by atoms with E-state index in [-0.39, 0.29) is 18.1 Å². The first-order valence-corrected chi connectivity index (χ1v) is 9.09. The van der Waals surface area contributed by atoms with E-state index >= 15 is 0 Å². The average molecular weight is 398 g/mol. The van der Waals surface area contributed by atoms with Crippen LogP contribution in [0, 0.1) is 5.92 Å². The smallest absolute Gasteiger partial charge is 0.416 e. The molecule has 2 fully saturated rings. The van der Waals surface area contributed by atoms with Crippen molar-refractivity contribution in [3.63, 3.8) is 0 Å². The number of hydrogen-bond acceptors (Lipinski definition) is 4. The van der Waals surface area contributed by atoms with E-state index in [1.165, 1.54) is 12.1 Å². The highest BCUT2D eigenvalue weighted by Gasteiger charge is 2.55. The third kappa shape index (κ3) is 3.83. The maximum Gasteiger partial charge on any atom is 0.416 e. The van der Waals surface area contributed by atoms with Crippen molar-refractivity contribution in [3.05, 3.63) is 35.4 Å². The highest BCUT2D eigenvalue weighted by molar-refractivity contribution is 6.08. The molecule has 152 valence electrons. The van der Waals surface area contributed by atoms with Crippen LogP contribution in [0.25, 0.3) is 0 Å². The average Bonchev–Trinajstić information content (AvgIpc) is 2.87. The Bertz CT molecular complexity index is 796. The first-order valence-electron chi connectivity index (χ1n) is 9.09. The number of alkyl halides is 3. The predicted molar refractivity (Wildman–Crippen MR) is 91.8 cm³/mol. The van der Waals surface area contributed by atoms with Gasteiger partial charge in [0.2, 0.25) is 0 Å². The molecule has 0 radical (unpaired) electrons. The molecule has 0 bridgehead atoms. The van der Waals surface area contributed by atoms with Crippen LogP contribution in [0.1, 0.15) is 43.7 Å². The molecule has 1 aromatic rings. The highest BCUT2D eigenvalue weighted by atomic mass is 19.4. The minimum absolute atomic E-state index is 0.0381. The summed E-state index contributed by atoms with van der Waals surface area (Å²) in [5.74, 6) is -1.34. The van der Waals surface area contributed by atoms with Gasteiger partial charge in [-0.05, 0) is 36.5 Å². The van der Waals surface area contributed by atoms with E-state index in [0.29, 0.717) is 6.42 Å². The van der Waals surface area contributed by atoms with Gasteiger partial charge >= 0.3 is 18.2 Å². The van der Waals surface area contributed by atoms with Crippen LogP contribution in [0.3, 0.4) is 0 Å². The van der Waals surface area contributed by atoms with Gasteiger partial charge in [0.05, 0.1) is 5.56 Å². The van der Waals surface area contributed by atoms with Crippen LogP contribution >= 0.6 is 0 Å². The first-order chi connectivity index (χ1) is 13.1. The number of benzene rings is 1. The van der Waals surface area contributed by atoms with Crippen molar-refractivity contribution in [1.82, 2.24) is 10.2 Å². The van der Waals surface area contributed by atoms with Gasteiger partial charge in [0.1, 0.15) is 18.7 Å². The summed E-state index contributed by atoms with van der Waals surface area (Å²) in [6, 6.07) is 3.78. The lowest BCUT2D eigenvalue weighted by Gasteiger charge is -2.36. The molecule has 3 rings (SSSR count). The molecule has 9 heteroatoms. The Kier molecular flexibility index (Phi) is 5.36. The molecule has 2 aliphatic rings. The number of halogens is 3. The van der Waals surface area contributed by atoms with E-state index in [2.05, 4.69) is 5.32 Å². The number of imide groups is 1. The molecular weight excluding hydrogens is 377 g/mol. The predicted octanol–water partition coefficient (Wildman–Crippen LogP) is 3.25. The lowest BCUT2D eigenvalue weighted by molar-refractivity contribution is -0.149. The minimum Gasteiger partial charge on any atom is -0.459 e. The first kappa shape index (κ1) is 20.2. The number of ether oxygens (including phenoxy) is 1. The van der Waals surface area contributed by atoms with E-state index in [0.717, 1.165) is 36.3 Å². The fraction of sp³-hybridized carbons (Fsp3) is 0.526. The van der Waals surface area contributed by atoms with E-state index in [1.54, 1.807) is 0 Å². The number of carbonyl (C=O) groups excluding carboxylic acids is 3. The van der Waals surface area contributed by atoms with Crippen molar-refractivity contribution in [1.29, 1.82) is 0 Å². The van der Waals surface area contributed by atoms with Gasteiger partial charge in [0.25, 0.3) is 5.91 Å². The van der Waals surface area contributed by atoms with Crippen molar-refractivity contribution in [2.24, 2.45) is 5.92 Å². The normalized spacial score (nSPS) is 25.1. The lowest BCUT2D eigenvalue weighted by Crippen LogP contribution is -2.54. The summed E-state index contributed by atoms with van der Waals surface area (Å²) in [6.45, 7) is 0.943. The molecule has 1 saturated carbocycles. The van der Waals surface area contributed by atoms with Crippen molar-refractivity contribution in [3.8, 4) is 0 Å². The molecule has 0 aromatic heterocycles. The fourth-order valence-corrected chi connectivity index (χ4v) is 3.82. The summed E-state index contributed by atoms with van der Waals surface area (Å²) >= 11 is 0. The topological polar surface area (TPSA) is 75.7 Å². The van der Waals surface area contributed by atoms with Gasteiger partial charge in [0, 0.05) is 0 Å². The fourth-order valence-electron chi connectivity index (χ4n) is 3.82. The second kappa shape index (κ2) is 7.44. The molecule has 1 heterocycles. The maximum atomic E-state index is 12.8. The van der Waals surface area contributed by atoms with Crippen LogP contribution in [0.15, 0.2) is 24.3 Å². The van der Waals surface area contributed by atoms with E-state index in [4.69, 9.17) is 4.74 Å². The summed E-state index contributed by atoms with van der Waals surface area (Å²) in [5.41, 5.74) is -1.66. The van der Waals surface area contributed by atoms with E-state index in [9.17, 15) is 27.6 Å². The zero-order chi connectivity index (χ0) is 20.5. The molecule has 1 aliphatic carbocycles. The van der Waals surface area contributed by atoms with Gasteiger partial charge in [-0.15, -0.1) is 0 Å². The van der Waals surface area contributed by atoms with Crippen molar-refractivity contribution in [2.75, 3.05) is 6.54 Å². The molecule has 1 aromatic carbocycles. The molecule has 1 N–H and O–H groups in total. The standard InChI is InChI=1S/C19H21F3N2O4/c1-12-5-2-3-8-18(12)16(26)24(17(27)23-18)10-15(25)28-11-13-6-4-7-14(9-13)19(20,21)22/h4,6-7,9,12H,2-3,5,8,10-11H2,1H3,(H,23,27). The number of esters is 1. The van der Waals surface area contributed by atoms with Crippen LogP contribution in [0.2, 0.25) is 0 Å². The Labute approximate surface area is 160 Å². The summed E-state index contributed by atoms with van der Waals surface area (Å²) in [7, 11) is 0. The molecule has 1 aliphatic heterocycles. The van der Waals surface area contributed by atoms with E-state index < -0.39 is 41.7 Å². The monoisotopic (exact) mass is 398 g/mol. The number of amides is 3. The Hall–Kier alpha value is -2.58. The third-order valence-electron chi connectivity index (χ3n) is 5.44. The second-order valence-electron chi connectivity index (χ2n) is 7.30. The van der Waals surface area contributed by atoms with Crippen LogP contribution in [0.4, 0.5) is 18.0 Å². The summed E-state index contributed by atoms with van der Waals surface area (Å²) in [4.78, 5) is 37.9. The Morgan fingerprint density at radius 2 is 2.07 bits per heavy atom. The van der Waals surface area contributed by atoms with Crippen LogP contribution in [0.5, 0.6) is 0 Å². The Balaban J connectivity index is 1.61.